The van der Waals surface area contributed by atoms with Gasteiger partial charge in [0, 0.05) is 28.8 Å². The van der Waals surface area contributed by atoms with Gasteiger partial charge in [-0.05, 0) is 30.2 Å². The number of methoxy groups -OCH3 is 1. The van der Waals surface area contributed by atoms with Crippen LogP contribution in [0.4, 0.5) is 0 Å². The summed E-state index contributed by atoms with van der Waals surface area (Å²) in [6.07, 6.45) is 0. The molecule has 0 amide bonds. The summed E-state index contributed by atoms with van der Waals surface area (Å²) in [5.41, 5.74) is 1.36. The molecule has 0 unspecified atom stereocenters. The van der Waals surface area contributed by atoms with Crippen LogP contribution >= 0.6 is 27.7 Å². The second kappa shape index (κ2) is 8.97. The van der Waals surface area contributed by atoms with Crippen molar-refractivity contribution in [1.82, 2.24) is 5.32 Å². The number of hydrogen-bond acceptors (Lipinski definition) is 3. The molecule has 0 heterocycles. The molecule has 0 radical (unpaired) electrons. The lowest BCUT2D eigenvalue weighted by Crippen LogP contribution is -2.19. The van der Waals surface area contributed by atoms with Gasteiger partial charge in [0.1, 0.15) is 0 Å². The first-order chi connectivity index (χ1) is 8.63. The lowest BCUT2D eigenvalue weighted by molar-refractivity contribution is 0.218. The molecule has 1 aromatic carbocycles. The van der Waals surface area contributed by atoms with E-state index in [2.05, 4.69) is 53.3 Å². The van der Waals surface area contributed by atoms with E-state index in [-0.39, 0.29) is 0 Å². The quantitative estimate of drug-likeness (QED) is 0.576. The highest BCUT2D eigenvalue weighted by atomic mass is 79.9. The van der Waals surface area contributed by atoms with Crippen LogP contribution < -0.4 is 5.32 Å². The lowest BCUT2D eigenvalue weighted by atomic mass is 10.2. The van der Waals surface area contributed by atoms with Gasteiger partial charge >= 0.3 is 0 Å². The number of nitrogens with one attached hydrogen (secondary N) is 1. The van der Waals surface area contributed by atoms with Crippen molar-refractivity contribution in [3.8, 4) is 0 Å². The Labute approximate surface area is 123 Å². The fourth-order valence-corrected chi connectivity index (χ4v) is 3.06. The number of thioether (sulfide) groups is 1. The summed E-state index contributed by atoms with van der Waals surface area (Å²) in [5, 5.41) is 3.49. The average Bonchev–Trinajstić information content (AvgIpc) is 2.32. The van der Waals surface area contributed by atoms with Crippen LogP contribution in [0.1, 0.15) is 19.4 Å². The monoisotopic (exact) mass is 331 g/mol. The largest absolute Gasteiger partial charge is 0.384 e. The van der Waals surface area contributed by atoms with Crippen LogP contribution in [0, 0.1) is 5.92 Å². The first-order valence-electron chi connectivity index (χ1n) is 6.24. The summed E-state index contributed by atoms with van der Waals surface area (Å²) < 4.78 is 6.23. The highest BCUT2D eigenvalue weighted by molar-refractivity contribution is 9.10. The normalized spacial score (nSPS) is 11.2. The molecular formula is C14H22BrNOS. The number of benzene rings is 1. The van der Waals surface area contributed by atoms with E-state index in [4.69, 9.17) is 4.74 Å². The summed E-state index contributed by atoms with van der Waals surface area (Å²) in [5.74, 6) is 1.68. The first-order valence-corrected chi connectivity index (χ1v) is 8.02. The zero-order chi connectivity index (χ0) is 13.4. The minimum Gasteiger partial charge on any atom is -0.384 e. The zero-order valence-electron chi connectivity index (χ0n) is 11.3. The van der Waals surface area contributed by atoms with E-state index in [9.17, 15) is 0 Å². The maximum Gasteiger partial charge on any atom is 0.0556 e. The summed E-state index contributed by atoms with van der Waals surface area (Å²) in [4.78, 5) is 1.33. The SMILES string of the molecule is COCCSc1cc(Br)ccc1CNCC(C)C. The van der Waals surface area contributed by atoms with Crippen LogP contribution in [0.25, 0.3) is 0 Å². The molecule has 102 valence electrons. The van der Waals surface area contributed by atoms with Crippen molar-refractivity contribution in [2.24, 2.45) is 5.92 Å². The third kappa shape index (κ3) is 6.23. The van der Waals surface area contributed by atoms with E-state index in [1.807, 2.05) is 11.8 Å². The Kier molecular flexibility index (Phi) is 7.98. The van der Waals surface area contributed by atoms with Gasteiger partial charge in [-0.1, -0.05) is 35.8 Å². The molecule has 0 saturated carbocycles. The molecule has 0 saturated heterocycles. The highest BCUT2D eigenvalue weighted by Crippen LogP contribution is 2.26. The lowest BCUT2D eigenvalue weighted by Gasteiger charge is -2.12. The maximum absolute atomic E-state index is 5.10. The Hall–Kier alpha value is -0.0300. The van der Waals surface area contributed by atoms with E-state index in [0.29, 0.717) is 5.92 Å². The van der Waals surface area contributed by atoms with Gasteiger partial charge in [-0.2, -0.15) is 0 Å². The summed E-state index contributed by atoms with van der Waals surface area (Å²) in [6.45, 7) is 7.22. The van der Waals surface area contributed by atoms with Gasteiger partial charge in [-0.15, -0.1) is 11.8 Å². The molecular weight excluding hydrogens is 310 g/mol. The molecule has 0 bridgehead atoms. The summed E-state index contributed by atoms with van der Waals surface area (Å²) in [7, 11) is 1.74. The standard InChI is InChI=1S/C14H22BrNOS/c1-11(2)9-16-10-12-4-5-13(15)8-14(12)18-7-6-17-3/h4-5,8,11,16H,6-7,9-10H2,1-3H3. The summed E-state index contributed by atoms with van der Waals surface area (Å²) >= 11 is 5.38. The molecule has 4 heteroatoms. The first kappa shape index (κ1) is 16.0. The van der Waals surface area contributed by atoms with Crippen LogP contribution in [-0.2, 0) is 11.3 Å². The Balaban J connectivity index is 2.58. The minimum absolute atomic E-state index is 0.685. The molecule has 2 nitrogen and oxygen atoms in total. The van der Waals surface area contributed by atoms with Crippen LogP contribution in [0.2, 0.25) is 0 Å². The van der Waals surface area contributed by atoms with Gasteiger partial charge < -0.3 is 10.1 Å². The predicted octanol–water partition coefficient (Wildman–Crippen LogP) is 3.93. The molecule has 0 aliphatic carbocycles. The van der Waals surface area contributed by atoms with Crippen molar-refractivity contribution in [2.75, 3.05) is 26.0 Å². The van der Waals surface area contributed by atoms with E-state index in [0.717, 1.165) is 29.9 Å². The number of hydrogen-bond donors (Lipinski definition) is 1. The van der Waals surface area contributed by atoms with Gasteiger partial charge in [-0.3, -0.25) is 0 Å². The molecule has 1 rings (SSSR count). The molecule has 0 aromatic heterocycles. The maximum atomic E-state index is 5.10. The zero-order valence-corrected chi connectivity index (χ0v) is 13.7. The molecule has 0 spiro atoms. The van der Waals surface area contributed by atoms with Crippen molar-refractivity contribution in [1.29, 1.82) is 0 Å². The van der Waals surface area contributed by atoms with Gasteiger partial charge in [0.2, 0.25) is 0 Å². The van der Waals surface area contributed by atoms with E-state index >= 15 is 0 Å². The van der Waals surface area contributed by atoms with Gasteiger partial charge in [0.25, 0.3) is 0 Å². The third-order valence-corrected chi connectivity index (χ3v) is 4.00. The molecule has 0 aliphatic heterocycles. The van der Waals surface area contributed by atoms with Crippen LogP contribution in [0.5, 0.6) is 0 Å². The number of halogens is 1. The van der Waals surface area contributed by atoms with E-state index in [1.165, 1.54) is 10.5 Å². The molecule has 18 heavy (non-hydrogen) atoms. The van der Waals surface area contributed by atoms with Gasteiger partial charge in [-0.25, -0.2) is 0 Å². The van der Waals surface area contributed by atoms with Crippen LogP contribution in [0.3, 0.4) is 0 Å². The molecule has 0 aliphatic rings. The van der Waals surface area contributed by atoms with Crippen molar-refractivity contribution in [3.05, 3.63) is 28.2 Å². The smallest absolute Gasteiger partial charge is 0.0556 e. The van der Waals surface area contributed by atoms with E-state index < -0.39 is 0 Å². The van der Waals surface area contributed by atoms with Crippen molar-refractivity contribution in [2.45, 2.75) is 25.3 Å². The minimum atomic E-state index is 0.685. The fourth-order valence-electron chi connectivity index (χ4n) is 1.54. The second-order valence-corrected chi connectivity index (χ2v) is 6.67. The highest BCUT2D eigenvalue weighted by Gasteiger charge is 2.04. The van der Waals surface area contributed by atoms with Crippen LogP contribution in [0.15, 0.2) is 27.6 Å². The van der Waals surface area contributed by atoms with Crippen molar-refractivity contribution in [3.63, 3.8) is 0 Å². The third-order valence-electron chi connectivity index (χ3n) is 2.44. The van der Waals surface area contributed by atoms with Crippen molar-refractivity contribution >= 4 is 27.7 Å². The Morgan fingerprint density at radius 3 is 2.83 bits per heavy atom. The summed E-state index contributed by atoms with van der Waals surface area (Å²) in [6, 6.07) is 6.48. The average molecular weight is 332 g/mol. The Morgan fingerprint density at radius 1 is 1.39 bits per heavy atom. The second-order valence-electron chi connectivity index (χ2n) is 4.62. The Morgan fingerprint density at radius 2 is 2.17 bits per heavy atom. The topological polar surface area (TPSA) is 21.3 Å². The predicted molar refractivity (Wildman–Crippen MR) is 83.3 cm³/mol. The molecule has 0 atom stereocenters. The Bertz CT molecular complexity index is 358. The van der Waals surface area contributed by atoms with Gasteiger partial charge in [0.05, 0.1) is 6.61 Å². The van der Waals surface area contributed by atoms with Crippen molar-refractivity contribution < 1.29 is 4.74 Å². The van der Waals surface area contributed by atoms with Crippen LogP contribution in [-0.4, -0.2) is 26.0 Å². The fraction of sp³-hybridized carbons (Fsp3) is 0.571. The van der Waals surface area contributed by atoms with E-state index in [1.54, 1.807) is 7.11 Å². The van der Waals surface area contributed by atoms with Gasteiger partial charge in [0.15, 0.2) is 0 Å². The molecule has 0 fully saturated rings. The molecule has 1 aromatic rings. The number of rotatable bonds is 8. The molecule has 1 N–H and O–H groups in total. The number of ether oxygens (including phenoxy) is 1.